The first-order valence-electron chi connectivity index (χ1n) is 8.72. The van der Waals surface area contributed by atoms with Gasteiger partial charge in [-0.2, -0.15) is 0 Å². The SMILES string of the molecule is CCC(=O)c1ccc(OCC(=O)NCC(C)CC2(C)OCCO2)cc1. The molecule has 2 rings (SSSR count). The summed E-state index contributed by atoms with van der Waals surface area (Å²) in [5, 5.41) is 2.85. The van der Waals surface area contributed by atoms with E-state index in [1.807, 2.05) is 20.8 Å². The normalized spacial score (nSPS) is 17.1. The van der Waals surface area contributed by atoms with Gasteiger partial charge in [0, 0.05) is 24.9 Å². The first-order chi connectivity index (χ1) is 11.9. The van der Waals surface area contributed by atoms with Crippen molar-refractivity contribution in [2.45, 2.75) is 39.4 Å². The fourth-order valence-electron chi connectivity index (χ4n) is 2.81. The van der Waals surface area contributed by atoms with Gasteiger partial charge in [-0.1, -0.05) is 13.8 Å². The molecule has 1 unspecified atom stereocenters. The summed E-state index contributed by atoms with van der Waals surface area (Å²) < 4.78 is 16.6. The van der Waals surface area contributed by atoms with E-state index >= 15 is 0 Å². The maximum Gasteiger partial charge on any atom is 0.257 e. The van der Waals surface area contributed by atoms with Crippen LogP contribution >= 0.6 is 0 Å². The summed E-state index contributed by atoms with van der Waals surface area (Å²) in [4.78, 5) is 23.5. The molecule has 0 aliphatic carbocycles. The molecule has 1 aliphatic rings. The number of Topliss-reactive ketones (excluding diaryl/α,β-unsaturated/α-hetero) is 1. The number of rotatable bonds is 9. The molecular formula is C19H27NO5. The van der Waals surface area contributed by atoms with Crippen molar-refractivity contribution in [3.8, 4) is 5.75 Å². The summed E-state index contributed by atoms with van der Waals surface area (Å²) in [6.45, 7) is 7.50. The van der Waals surface area contributed by atoms with Gasteiger partial charge in [0.15, 0.2) is 18.2 Å². The Labute approximate surface area is 148 Å². The van der Waals surface area contributed by atoms with Crippen molar-refractivity contribution < 1.29 is 23.8 Å². The number of ether oxygens (including phenoxy) is 3. The van der Waals surface area contributed by atoms with Gasteiger partial charge in [0.05, 0.1) is 13.2 Å². The summed E-state index contributed by atoms with van der Waals surface area (Å²) in [5.41, 5.74) is 0.651. The zero-order valence-corrected chi connectivity index (χ0v) is 15.2. The quantitative estimate of drug-likeness (QED) is 0.694. The summed E-state index contributed by atoms with van der Waals surface area (Å²) in [6, 6.07) is 6.83. The van der Waals surface area contributed by atoms with Gasteiger partial charge in [-0.05, 0) is 37.1 Å². The van der Waals surface area contributed by atoms with Crippen molar-refractivity contribution in [3.63, 3.8) is 0 Å². The van der Waals surface area contributed by atoms with Crippen LogP contribution in [0.15, 0.2) is 24.3 Å². The minimum absolute atomic E-state index is 0.0575. The Kier molecular flexibility index (Phi) is 6.96. The molecule has 6 nitrogen and oxygen atoms in total. The molecule has 1 aliphatic heterocycles. The van der Waals surface area contributed by atoms with Crippen molar-refractivity contribution in [2.24, 2.45) is 5.92 Å². The van der Waals surface area contributed by atoms with Crippen molar-refractivity contribution in [1.29, 1.82) is 0 Å². The Balaban J connectivity index is 1.69. The third kappa shape index (κ3) is 6.14. The highest BCUT2D eigenvalue weighted by Gasteiger charge is 2.32. The number of nitrogens with one attached hydrogen (secondary N) is 1. The smallest absolute Gasteiger partial charge is 0.257 e. The van der Waals surface area contributed by atoms with Gasteiger partial charge in [-0.25, -0.2) is 0 Å². The van der Waals surface area contributed by atoms with Crippen molar-refractivity contribution >= 4 is 11.7 Å². The molecule has 6 heteroatoms. The monoisotopic (exact) mass is 349 g/mol. The third-order valence-corrected chi connectivity index (χ3v) is 4.13. The van der Waals surface area contributed by atoms with Crippen molar-refractivity contribution in [3.05, 3.63) is 29.8 Å². The van der Waals surface area contributed by atoms with E-state index in [2.05, 4.69) is 5.32 Å². The zero-order valence-electron chi connectivity index (χ0n) is 15.2. The van der Waals surface area contributed by atoms with Crippen LogP contribution in [0.4, 0.5) is 0 Å². The lowest BCUT2D eigenvalue weighted by atomic mass is 10.0. The van der Waals surface area contributed by atoms with Crippen LogP contribution in [0, 0.1) is 5.92 Å². The van der Waals surface area contributed by atoms with Gasteiger partial charge >= 0.3 is 0 Å². The molecule has 1 heterocycles. The van der Waals surface area contributed by atoms with Crippen LogP contribution in [-0.4, -0.2) is 43.8 Å². The standard InChI is InChI=1S/C19H27NO5/c1-4-17(21)15-5-7-16(8-6-15)23-13-18(22)20-12-14(2)11-19(3)24-9-10-25-19/h5-8,14H,4,9-13H2,1-3H3,(H,20,22). The average molecular weight is 349 g/mol. The predicted molar refractivity (Wildman–Crippen MR) is 93.7 cm³/mol. The van der Waals surface area contributed by atoms with Crippen LogP contribution in [-0.2, 0) is 14.3 Å². The highest BCUT2D eigenvalue weighted by molar-refractivity contribution is 5.95. The summed E-state index contributed by atoms with van der Waals surface area (Å²) in [5.74, 6) is 0.155. The van der Waals surface area contributed by atoms with E-state index < -0.39 is 5.79 Å². The highest BCUT2D eigenvalue weighted by atomic mass is 16.7. The van der Waals surface area contributed by atoms with Crippen LogP contribution < -0.4 is 10.1 Å². The highest BCUT2D eigenvalue weighted by Crippen LogP contribution is 2.26. The molecule has 0 spiro atoms. The van der Waals surface area contributed by atoms with Gasteiger partial charge in [0.1, 0.15) is 5.75 Å². The Hall–Kier alpha value is -1.92. The number of benzene rings is 1. The van der Waals surface area contributed by atoms with Gasteiger partial charge in [0.2, 0.25) is 0 Å². The van der Waals surface area contributed by atoms with Crippen LogP contribution in [0.1, 0.15) is 44.0 Å². The summed E-state index contributed by atoms with van der Waals surface area (Å²) in [7, 11) is 0. The Bertz CT molecular complexity index is 578. The Morgan fingerprint density at radius 1 is 1.24 bits per heavy atom. The third-order valence-electron chi connectivity index (χ3n) is 4.13. The zero-order chi connectivity index (χ0) is 18.3. The lowest BCUT2D eigenvalue weighted by Gasteiger charge is -2.26. The van der Waals surface area contributed by atoms with E-state index in [1.165, 1.54) is 0 Å². The second-order valence-corrected chi connectivity index (χ2v) is 6.53. The van der Waals surface area contributed by atoms with Crippen LogP contribution in [0.5, 0.6) is 5.75 Å². The lowest BCUT2D eigenvalue weighted by Crippen LogP contribution is -2.36. The van der Waals surface area contributed by atoms with Crippen molar-refractivity contribution in [2.75, 3.05) is 26.4 Å². The van der Waals surface area contributed by atoms with Crippen LogP contribution in [0.25, 0.3) is 0 Å². The van der Waals surface area contributed by atoms with Crippen LogP contribution in [0.3, 0.4) is 0 Å². The molecule has 1 aromatic carbocycles. The lowest BCUT2D eigenvalue weighted by molar-refractivity contribution is -0.154. The second kappa shape index (κ2) is 8.97. The van der Waals surface area contributed by atoms with E-state index in [0.717, 1.165) is 6.42 Å². The number of ketones is 1. The number of hydrogen-bond acceptors (Lipinski definition) is 5. The molecule has 1 saturated heterocycles. The first-order valence-corrected chi connectivity index (χ1v) is 8.72. The molecule has 0 aromatic heterocycles. The molecule has 25 heavy (non-hydrogen) atoms. The largest absolute Gasteiger partial charge is 0.484 e. The topological polar surface area (TPSA) is 73.9 Å². The molecule has 0 saturated carbocycles. The van der Waals surface area contributed by atoms with Crippen molar-refractivity contribution in [1.82, 2.24) is 5.32 Å². The maximum atomic E-state index is 11.9. The minimum atomic E-state index is -0.543. The van der Waals surface area contributed by atoms with Gasteiger partial charge in [-0.3, -0.25) is 9.59 Å². The molecule has 1 N–H and O–H groups in total. The molecule has 0 radical (unpaired) electrons. The van der Waals surface area contributed by atoms with Gasteiger partial charge in [-0.15, -0.1) is 0 Å². The Morgan fingerprint density at radius 2 is 1.88 bits per heavy atom. The molecular weight excluding hydrogens is 322 g/mol. The maximum absolute atomic E-state index is 11.9. The number of carbonyl (C=O) groups excluding carboxylic acids is 2. The number of carbonyl (C=O) groups is 2. The fourth-order valence-corrected chi connectivity index (χ4v) is 2.81. The number of amides is 1. The van der Waals surface area contributed by atoms with E-state index in [1.54, 1.807) is 24.3 Å². The van der Waals surface area contributed by atoms with Gasteiger partial charge in [0.25, 0.3) is 5.91 Å². The molecule has 1 aromatic rings. The molecule has 1 amide bonds. The van der Waals surface area contributed by atoms with Crippen LogP contribution in [0.2, 0.25) is 0 Å². The Morgan fingerprint density at radius 3 is 2.48 bits per heavy atom. The summed E-state index contributed by atoms with van der Waals surface area (Å²) >= 11 is 0. The number of hydrogen-bond donors (Lipinski definition) is 1. The molecule has 1 atom stereocenters. The minimum Gasteiger partial charge on any atom is -0.484 e. The summed E-state index contributed by atoms with van der Waals surface area (Å²) in [6.07, 6.45) is 1.19. The predicted octanol–water partition coefficient (Wildman–Crippen LogP) is 2.56. The van der Waals surface area contributed by atoms with E-state index in [9.17, 15) is 9.59 Å². The fraction of sp³-hybridized carbons (Fsp3) is 0.579. The van der Waals surface area contributed by atoms with E-state index in [4.69, 9.17) is 14.2 Å². The average Bonchev–Trinajstić information content (AvgIpc) is 3.03. The second-order valence-electron chi connectivity index (χ2n) is 6.53. The molecule has 0 bridgehead atoms. The van der Waals surface area contributed by atoms with E-state index in [0.29, 0.717) is 37.5 Å². The first kappa shape index (κ1) is 19.4. The molecule has 138 valence electrons. The van der Waals surface area contributed by atoms with E-state index in [-0.39, 0.29) is 24.2 Å². The molecule has 1 fully saturated rings. The van der Waals surface area contributed by atoms with Gasteiger partial charge < -0.3 is 19.5 Å².